The van der Waals surface area contributed by atoms with Gasteiger partial charge in [0.15, 0.2) is 0 Å². The summed E-state index contributed by atoms with van der Waals surface area (Å²) in [6.07, 6.45) is 2.47. The Morgan fingerprint density at radius 1 is 1.13 bits per heavy atom. The van der Waals surface area contributed by atoms with Crippen LogP contribution in [0.4, 0.5) is 4.39 Å². The summed E-state index contributed by atoms with van der Waals surface area (Å²) in [5, 5.41) is 0. The summed E-state index contributed by atoms with van der Waals surface area (Å²) >= 11 is 5.05. The molecule has 0 amide bonds. The Kier molecular flexibility index (Phi) is 6.55. The second-order valence-electron chi connectivity index (χ2n) is 7.46. The van der Waals surface area contributed by atoms with Crippen LogP contribution in [-0.2, 0) is 9.08 Å². The average molecular weight is 432 g/mol. The van der Waals surface area contributed by atoms with Crippen molar-refractivity contribution in [2.45, 2.75) is 19.3 Å². The van der Waals surface area contributed by atoms with Gasteiger partial charge in [-0.15, -0.1) is 0 Å². The lowest BCUT2D eigenvalue weighted by Gasteiger charge is -2.27. The molecule has 0 radical (unpaired) electrons. The molecule has 0 atom stereocenters. The van der Waals surface area contributed by atoms with Crippen LogP contribution in [0.15, 0.2) is 48.0 Å². The molecule has 0 bridgehead atoms. The molecule has 30 heavy (non-hydrogen) atoms. The minimum absolute atomic E-state index is 0.0535. The van der Waals surface area contributed by atoms with Crippen LogP contribution in [0.2, 0.25) is 0 Å². The summed E-state index contributed by atoms with van der Waals surface area (Å²) in [5.41, 5.74) is 4.06. The van der Waals surface area contributed by atoms with Gasteiger partial charge in [-0.05, 0) is 73.0 Å². The Hall–Kier alpha value is -2.57. The lowest BCUT2D eigenvalue weighted by Crippen LogP contribution is -2.26. The number of rotatable bonds is 7. The van der Waals surface area contributed by atoms with Gasteiger partial charge in [0.05, 0.1) is 13.0 Å². The van der Waals surface area contributed by atoms with Gasteiger partial charge < -0.3 is 13.8 Å². The van der Waals surface area contributed by atoms with Crippen LogP contribution in [0.5, 0.6) is 11.5 Å². The van der Waals surface area contributed by atoms with Crippen molar-refractivity contribution in [1.82, 2.24) is 4.90 Å². The highest BCUT2D eigenvalue weighted by atomic mass is 35.5. The van der Waals surface area contributed by atoms with E-state index in [4.69, 9.17) is 21.3 Å². The zero-order chi connectivity index (χ0) is 20.9. The molecule has 158 valence electrons. The predicted molar refractivity (Wildman–Crippen MR) is 112 cm³/mol. The van der Waals surface area contributed by atoms with Crippen molar-refractivity contribution in [2.75, 3.05) is 32.8 Å². The number of ether oxygens (including phenoxy) is 2. The molecule has 2 aliphatic rings. The second-order valence-corrected chi connectivity index (χ2v) is 7.62. The average Bonchev–Trinajstić information content (AvgIpc) is 3.27. The summed E-state index contributed by atoms with van der Waals surface area (Å²) in [5.74, 6) is 0.558. The molecule has 0 N–H and O–H groups in total. The van der Waals surface area contributed by atoms with Crippen molar-refractivity contribution in [3.63, 3.8) is 0 Å². The topological polar surface area (TPSA) is 48.0 Å². The van der Waals surface area contributed by atoms with E-state index < -0.39 is 5.97 Å². The molecule has 2 aromatic carbocycles. The molecule has 2 heterocycles. The summed E-state index contributed by atoms with van der Waals surface area (Å²) in [4.78, 5) is 13.6. The maximum Gasteiger partial charge on any atom is 0.328 e. The predicted octanol–water partition coefficient (Wildman–Crippen LogP) is 4.58. The van der Waals surface area contributed by atoms with E-state index in [-0.39, 0.29) is 18.8 Å². The van der Waals surface area contributed by atoms with Crippen LogP contribution in [0.1, 0.15) is 30.4 Å². The van der Waals surface area contributed by atoms with E-state index in [0.717, 1.165) is 42.1 Å². The second kappa shape index (κ2) is 9.49. The Balaban J connectivity index is 1.67. The lowest BCUT2D eigenvalue weighted by molar-refractivity contribution is -0.134. The number of carbonyl (C=O) groups is 1. The largest absolute Gasteiger partial charge is 0.493 e. The number of nitrogens with zero attached hydrogens (tertiary/aromatic N) is 1. The fourth-order valence-corrected chi connectivity index (χ4v) is 4.03. The van der Waals surface area contributed by atoms with Crippen LogP contribution in [0.3, 0.4) is 0 Å². The highest BCUT2D eigenvalue weighted by Crippen LogP contribution is 2.40. The van der Waals surface area contributed by atoms with Crippen molar-refractivity contribution < 1.29 is 22.9 Å². The third-order valence-electron chi connectivity index (χ3n) is 5.38. The Bertz CT molecular complexity index is 939. The Labute approximate surface area is 180 Å². The zero-order valence-electron chi connectivity index (χ0n) is 16.5. The van der Waals surface area contributed by atoms with E-state index in [2.05, 4.69) is 9.19 Å². The standard InChI is InChI=1S/C23H23ClFNO4/c24-30-22(27)9-12-28-19-7-8-21-20(13-19)23(16-3-5-18(25)6-4-16)17(15-29-21)14-26-10-1-2-11-26/h3-8,13H,1-2,9-12,14-15H2. The Morgan fingerprint density at radius 2 is 1.90 bits per heavy atom. The number of carbonyl (C=O) groups excluding carboxylic acids is 1. The van der Waals surface area contributed by atoms with Gasteiger partial charge in [-0.25, -0.2) is 4.39 Å². The molecule has 0 spiro atoms. The third-order valence-corrected chi connectivity index (χ3v) is 5.55. The monoisotopic (exact) mass is 431 g/mol. The van der Waals surface area contributed by atoms with E-state index >= 15 is 0 Å². The summed E-state index contributed by atoms with van der Waals surface area (Å²) in [6, 6.07) is 12.1. The van der Waals surface area contributed by atoms with E-state index in [0.29, 0.717) is 12.4 Å². The fraction of sp³-hybridized carbons (Fsp3) is 0.348. The van der Waals surface area contributed by atoms with Crippen molar-refractivity contribution in [3.8, 4) is 11.5 Å². The van der Waals surface area contributed by atoms with Crippen molar-refractivity contribution in [3.05, 3.63) is 65.0 Å². The number of benzene rings is 2. The first kappa shape index (κ1) is 20.7. The van der Waals surface area contributed by atoms with Crippen LogP contribution in [0, 0.1) is 5.82 Å². The van der Waals surface area contributed by atoms with Gasteiger partial charge >= 0.3 is 5.97 Å². The number of halogens is 2. The molecule has 5 nitrogen and oxygen atoms in total. The van der Waals surface area contributed by atoms with Gasteiger partial charge in [-0.2, -0.15) is 0 Å². The van der Waals surface area contributed by atoms with E-state index in [1.807, 2.05) is 12.1 Å². The number of likely N-dealkylation sites (tertiary alicyclic amines) is 1. The summed E-state index contributed by atoms with van der Waals surface area (Å²) < 4.78 is 29.4. The summed E-state index contributed by atoms with van der Waals surface area (Å²) in [7, 11) is 0. The Morgan fingerprint density at radius 3 is 2.63 bits per heavy atom. The van der Waals surface area contributed by atoms with Crippen LogP contribution in [0.25, 0.3) is 5.57 Å². The smallest absolute Gasteiger partial charge is 0.328 e. The number of hydrogen-bond acceptors (Lipinski definition) is 5. The summed E-state index contributed by atoms with van der Waals surface area (Å²) in [6.45, 7) is 3.62. The van der Waals surface area contributed by atoms with Gasteiger partial charge in [0.2, 0.25) is 0 Å². The minimum atomic E-state index is -0.544. The molecule has 0 unspecified atom stereocenters. The molecule has 4 rings (SSSR count). The SMILES string of the molecule is O=C(CCOc1ccc2c(c1)C(c1ccc(F)cc1)=C(CN1CCCC1)CO2)OCl. The molecule has 0 saturated carbocycles. The molecule has 2 aliphatic heterocycles. The van der Waals surface area contributed by atoms with Crippen LogP contribution in [-0.4, -0.2) is 43.7 Å². The maximum atomic E-state index is 13.6. The van der Waals surface area contributed by atoms with Gasteiger partial charge in [0, 0.05) is 12.1 Å². The zero-order valence-corrected chi connectivity index (χ0v) is 17.3. The first-order valence-electron chi connectivity index (χ1n) is 10.1. The van der Waals surface area contributed by atoms with E-state index in [9.17, 15) is 9.18 Å². The molecule has 1 saturated heterocycles. The van der Waals surface area contributed by atoms with Gasteiger partial charge in [-0.1, -0.05) is 12.1 Å². The molecule has 7 heteroatoms. The number of fused-ring (bicyclic) bond motifs is 1. The normalized spacial score (nSPS) is 16.2. The first-order valence-corrected chi connectivity index (χ1v) is 10.4. The number of hydrogen-bond donors (Lipinski definition) is 0. The maximum absolute atomic E-state index is 13.6. The first-order chi connectivity index (χ1) is 14.6. The van der Waals surface area contributed by atoms with E-state index in [1.54, 1.807) is 18.2 Å². The fourth-order valence-electron chi connectivity index (χ4n) is 3.95. The molecular formula is C23H23ClFNO4. The molecular weight excluding hydrogens is 409 g/mol. The molecule has 0 aromatic heterocycles. The quantitative estimate of drug-likeness (QED) is 0.642. The minimum Gasteiger partial charge on any atom is -0.493 e. The highest BCUT2D eigenvalue weighted by molar-refractivity contribution is 6.13. The van der Waals surface area contributed by atoms with Gasteiger partial charge in [0.1, 0.15) is 35.8 Å². The van der Waals surface area contributed by atoms with Crippen molar-refractivity contribution in [1.29, 1.82) is 0 Å². The van der Waals surface area contributed by atoms with Gasteiger partial charge in [-0.3, -0.25) is 9.69 Å². The lowest BCUT2D eigenvalue weighted by atomic mass is 9.90. The van der Waals surface area contributed by atoms with Crippen molar-refractivity contribution in [2.24, 2.45) is 0 Å². The van der Waals surface area contributed by atoms with Gasteiger partial charge in [0.25, 0.3) is 0 Å². The van der Waals surface area contributed by atoms with Crippen LogP contribution >= 0.6 is 11.9 Å². The van der Waals surface area contributed by atoms with Crippen molar-refractivity contribution >= 4 is 23.4 Å². The highest BCUT2D eigenvalue weighted by Gasteiger charge is 2.25. The molecule has 0 aliphatic carbocycles. The van der Waals surface area contributed by atoms with Crippen LogP contribution < -0.4 is 9.47 Å². The molecule has 2 aromatic rings. The van der Waals surface area contributed by atoms with E-state index in [1.165, 1.54) is 30.5 Å². The molecule has 1 fully saturated rings. The third kappa shape index (κ3) is 4.77.